The number of aliphatic hydroxyl groups excluding tert-OH is 1. The van der Waals surface area contributed by atoms with E-state index in [1.54, 1.807) is 0 Å². The van der Waals surface area contributed by atoms with Gasteiger partial charge in [-0.1, -0.05) is 15.9 Å². The van der Waals surface area contributed by atoms with E-state index in [4.69, 9.17) is 4.74 Å². The van der Waals surface area contributed by atoms with Crippen LogP contribution in [0.3, 0.4) is 0 Å². The second-order valence-electron chi connectivity index (χ2n) is 4.89. The summed E-state index contributed by atoms with van der Waals surface area (Å²) in [5, 5.41) is 10.2. The number of halogens is 1. The molecule has 16 heavy (non-hydrogen) atoms. The maximum absolute atomic E-state index is 10.2. The maximum Gasteiger partial charge on any atom is 0.126 e. The molecule has 1 N–H and O–H groups in total. The summed E-state index contributed by atoms with van der Waals surface area (Å²) in [5.74, 6) is 0.865. The van der Waals surface area contributed by atoms with Crippen LogP contribution in [0.15, 0.2) is 22.7 Å². The quantitative estimate of drug-likeness (QED) is 0.788. The molecule has 1 heterocycles. The third kappa shape index (κ3) is 1.66. The highest BCUT2D eigenvalue weighted by Crippen LogP contribution is 2.47. The Hall–Kier alpha value is -0.540. The van der Waals surface area contributed by atoms with Crippen LogP contribution in [-0.2, 0) is 0 Å². The van der Waals surface area contributed by atoms with Gasteiger partial charge in [-0.2, -0.15) is 0 Å². The van der Waals surface area contributed by atoms with E-state index in [1.807, 2.05) is 18.2 Å². The number of hydrogen-bond donors (Lipinski definition) is 1. The fourth-order valence-corrected chi connectivity index (χ4v) is 3.31. The molecule has 1 aromatic carbocycles. The average molecular weight is 283 g/mol. The smallest absolute Gasteiger partial charge is 0.126 e. The van der Waals surface area contributed by atoms with Crippen LogP contribution in [0.2, 0.25) is 0 Å². The highest BCUT2D eigenvalue weighted by molar-refractivity contribution is 9.10. The standard InChI is InChI=1S/C13H15BrO2/c14-9-3-4-12-10(7-9)11(15)8-13(16-12)5-1-2-6-13/h3-4,7,11,15H,1-2,5-6,8H2/t11-/m0/s1. The van der Waals surface area contributed by atoms with Gasteiger partial charge in [-0.05, 0) is 43.9 Å². The molecule has 0 amide bonds. The zero-order valence-electron chi connectivity index (χ0n) is 9.08. The third-order valence-corrected chi connectivity index (χ3v) is 4.23. The van der Waals surface area contributed by atoms with Gasteiger partial charge in [0, 0.05) is 16.5 Å². The van der Waals surface area contributed by atoms with Crippen LogP contribution in [0.5, 0.6) is 5.75 Å². The van der Waals surface area contributed by atoms with Crippen molar-refractivity contribution in [2.75, 3.05) is 0 Å². The van der Waals surface area contributed by atoms with Crippen LogP contribution in [0.25, 0.3) is 0 Å². The van der Waals surface area contributed by atoms with Crippen molar-refractivity contribution >= 4 is 15.9 Å². The fraction of sp³-hybridized carbons (Fsp3) is 0.538. The first-order chi connectivity index (χ1) is 7.69. The minimum absolute atomic E-state index is 0.0831. The van der Waals surface area contributed by atoms with Crippen molar-refractivity contribution in [1.29, 1.82) is 0 Å². The summed E-state index contributed by atoms with van der Waals surface area (Å²) >= 11 is 3.43. The second-order valence-corrected chi connectivity index (χ2v) is 5.81. The Morgan fingerprint density at radius 3 is 2.81 bits per heavy atom. The molecule has 86 valence electrons. The summed E-state index contributed by atoms with van der Waals surface area (Å²) in [6.07, 6.45) is 4.98. The van der Waals surface area contributed by atoms with Crippen molar-refractivity contribution < 1.29 is 9.84 Å². The van der Waals surface area contributed by atoms with Gasteiger partial charge in [0.1, 0.15) is 11.4 Å². The van der Waals surface area contributed by atoms with E-state index >= 15 is 0 Å². The van der Waals surface area contributed by atoms with Crippen LogP contribution >= 0.6 is 15.9 Å². The van der Waals surface area contributed by atoms with E-state index in [-0.39, 0.29) is 11.7 Å². The molecule has 1 spiro atoms. The van der Waals surface area contributed by atoms with E-state index < -0.39 is 0 Å². The lowest BCUT2D eigenvalue weighted by Gasteiger charge is -2.38. The molecule has 1 fully saturated rings. The van der Waals surface area contributed by atoms with Crippen LogP contribution in [0.4, 0.5) is 0 Å². The minimum atomic E-state index is -0.376. The fourth-order valence-electron chi connectivity index (χ4n) is 2.94. The number of benzene rings is 1. The van der Waals surface area contributed by atoms with Gasteiger partial charge in [0.2, 0.25) is 0 Å². The zero-order chi connectivity index (χ0) is 11.2. The molecule has 0 bridgehead atoms. The van der Waals surface area contributed by atoms with Gasteiger partial charge in [-0.3, -0.25) is 0 Å². The monoisotopic (exact) mass is 282 g/mol. The highest BCUT2D eigenvalue weighted by atomic mass is 79.9. The van der Waals surface area contributed by atoms with Crippen molar-refractivity contribution in [3.63, 3.8) is 0 Å². The van der Waals surface area contributed by atoms with Crippen molar-refractivity contribution in [3.8, 4) is 5.75 Å². The molecule has 1 saturated carbocycles. The van der Waals surface area contributed by atoms with Gasteiger partial charge < -0.3 is 9.84 Å². The van der Waals surface area contributed by atoms with Gasteiger partial charge in [-0.15, -0.1) is 0 Å². The Labute approximate surface area is 104 Å². The molecule has 2 aliphatic rings. The highest BCUT2D eigenvalue weighted by Gasteiger charge is 2.42. The molecular weight excluding hydrogens is 268 g/mol. The number of hydrogen-bond acceptors (Lipinski definition) is 2. The number of ether oxygens (including phenoxy) is 1. The van der Waals surface area contributed by atoms with Gasteiger partial charge in [0.15, 0.2) is 0 Å². The van der Waals surface area contributed by atoms with Gasteiger partial charge in [0.25, 0.3) is 0 Å². The Kier molecular flexibility index (Phi) is 2.48. The lowest BCUT2D eigenvalue weighted by Crippen LogP contribution is -2.38. The Morgan fingerprint density at radius 1 is 1.31 bits per heavy atom. The minimum Gasteiger partial charge on any atom is -0.487 e. The van der Waals surface area contributed by atoms with Crippen LogP contribution in [-0.4, -0.2) is 10.7 Å². The second kappa shape index (κ2) is 3.74. The van der Waals surface area contributed by atoms with Crippen molar-refractivity contribution in [3.05, 3.63) is 28.2 Å². The first kappa shape index (κ1) is 10.6. The average Bonchev–Trinajstić information content (AvgIpc) is 2.68. The summed E-state index contributed by atoms with van der Waals surface area (Å²) in [5.41, 5.74) is 0.840. The molecule has 1 aromatic rings. The summed E-state index contributed by atoms with van der Waals surface area (Å²) in [4.78, 5) is 0. The summed E-state index contributed by atoms with van der Waals surface area (Å²) < 4.78 is 7.12. The van der Waals surface area contributed by atoms with Crippen molar-refractivity contribution in [2.45, 2.75) is 43.8 Å². The third-order valence-electron chi connectivity index (χ3n) is 3.74. The predicted octanol–water partition coefficient (Wildman–Crippen LogP) is 3.58. The maximum atomic E-state index is 10.2. The Morgan fingerprint density at radius 2 is 2.06 bits per heavy atom. The van der Waals surface area contributed by atoms with E-state index in [9.17, 15) is 5.11 Å². The summed E-state index contributed by atoms with van der Waals surface area (Å²) in [6.45, 7) is 0. The van der Waals surface area contributed by atoms with Crippen LogP contribution in [0.1, 0.15) is 43.8 Å². The molecule has 1 aliphatic carbocycles. The molecule has 1 atom stereocenters. The summed E-state index contributed by atoms with van der Waals surface area (Å²) in [6, 6.07) is 5.89. The molecule has 3 rings (SSSR count). The van der Waals surface area contributed by atoms with Crippen LogP contribution < -0.4 is 4.74 Å². The Bertz CT molecular complexity index is 410. The first-order valence-corrected chi connectivity index (χ1v) is 6.64. The Balaban J connectivity index is 1.99. The first-order valence-electron chi connectivity index (χ1n) is 5.85. The number of rotatable bonds is 0. The molecule has 0 radical (unpaired) electrons. The normalized spacial score (nSPS) is 26.5. The van der Waals surface area contributed by atoms with Gasteiger partial charge >= 0.3 is 0 Å². The lowest BCUT2D eigenvalue weighted by molar-refractivity contribution is -0.00941. The van der Waals surface area contributed by atoms with E-state index in [2.05, 4.69) is 15.9 Å². The molecule has 0 unspecified atom stereocenters. The SMILES string of the molecule is O[C@H]1CC2(CCCC2)Oc2ccc(Br)cc21. The zero-order valence-corrected chi connectivity index (χ0v) is 10.7. The number of aliphatic hydroxyl groups is 1. The van der Waals surface area contributed by atoms with E-state index in [0.29, 0.717) is 0 Å². The van der Waals surface area contributed by atoms with Gasteiger partial charge in [0.05, 0.1) is 6.10 Å². The molecule has 0 aromatic heterocycles. The predicted molar refractivity (Wildman–Crippen MR) is 65.5 cm³/mol. The van der Waals surface area contributed by atoms with Gasteiger partial charge in [-0.25, -0.2) is 0 Å². The topological polar surface area (TPSA) is 29.5 Å². The van der Waals surface area contributed by atoms with E-state index in [1.165, 1.54) is 12.8 Å². The lowest BCUT2D eigenvalue weighted by atomic mass is 9.87. The molecular formula is C13H15BrO2. The summed E-state index contributed by atoms with van der Waals surface area (Å²) in [7, 11) is 0. The largest absolute Gasteiger partial charge is 0.487 e. The van der Waals surface area contributed by atoms with Crippen molar-refractivity contribution in [1.82, 2.24) is 0 Å². The number of fused-ring (bicyclic) bond motifs is 1. The van der Waals surface area contributed by atoms with Crippen molar-refractivity contribution in [2.24, 2.45) is 0 Å². The molecule has 3 heteroatoms. The molecule has 1 aliphatic heterocycles. The van der Waals surface area contributed by atoms with Crippen LogP contribution in [0, 0.1) is 0 Å². The molecule has 0 saturated heterocycles. The van der Waals surface area contributed by atoms with E-state index in [0.717, 1.165) is 35.0 Å². The molecule has 2 nitrogen and oxygen atoms in total.